The number of phenolic OH excluding ortho intramolecular Hbond substituents is 1. The smallest absolute Gasteiger partial charge is 0.160 e. The van der Waals surface area contributed by atoms with Crippen molar-refractivity contribution in [2.45, 2.75) is 20.0 Å². The average Bonchev–Trinajstić information content (AvgIpc) is 2.43. The summed E-state index contributed by atoms with van der Waals surface area (Å²) in [6, 6.07) is 7.35. The molecule has 0 aliphatic carbocycles. The van der Waals surface area contributed by atoms with E-state index in [1.807, 2.05) is 24.4 Å². The van der Waals surface area contributed by atoms with Crippen LogP contribution in [0, 0.1) is 6.92 Å². The number of aryl methyl sites for hydroxylation is 1. The number of nitrogens with zero attached hydrogens (tertiary/aromatic N) is 1. The van der Waals surface area contributed by atoms with E-state index in [9.17, 15) is 5.11 Å². The molecule has 0 aliphatic heterocycles. The maximum absolute atomic E-state index is 9.52. The summed E-state index contributed by atoms with van der Waals surface area (Å²) in [5.41, 5.74) is 3.48. The standard InChI is InChI=1S/C15H18N2O2/c1-11-5-6-16-9-13(11)10-17-8-12-3-4-14(18)15(7-12)19-2/h3-7,9,17-18H,8,10H2,1-2H3. The zero-order valence-electron chi connectivity index (χ0n) is 11.2. The number of phenols is 1. The molecule has 0 radical (unpaired) electrons. The maximum atomic E-state index is 9.52. The molecule has 0 atom stereocenters. The molecule has 0 fully saturated rings. The molecule has 0 bridgehead atoms. The molecule has 0 amide bonds. The predicted molar refractivity (Wildman–Crippen MR) is 74.2 cm³/mol. The molecule has 4 heteroatoms. The Morgan fingerprint density at radius 2 is 2.11 bits per heavy atom. The second kappa shape index (κ2) is 6.20. The summed E-state index contributed by atoms with van der Waals surface area (Å²) in [7, 11) is 1.55. The fourth-order valence-corrected chi connectivity index (χ4v) is 1.86. The molecule has 2 N–H and O–H groups in total. The molecule has 100 valence electrons. The van der Waals surface area contributed by atoms with Crippen LogP contribution >= 0.6 is 0 Å². The lowest BCUT2D eigenvalue weighted by atomic mass is 10.1. The monoisotopic (exact) mass is 258 g/mol. The van der Waals surface area contributed by atoms with Crippen LogP contribution in [-0.4, -0.2) is 17.2 Å². The van der Waals surface area contributed by atoms with Gasteiger partial charge in [0, 0.05) is 25.5 Å². The van der Waals surface area contributed by atoms with Crippen molar-refractivity contribution in [2.75, 3.05) is 7.11 Å². The third-order valence-electron chi connectivity index (χ3n) is 3.04. The Hall–Kier alpha value is -2.07. The number of ether oxygens (including phenoxy) is 1. The number of pyridine rings is 1. The maximum Gasteiger partial charge on any atom is 0.160 e. The topological polar surface area (TPSA) is 54.4 Å². The van der Waals surface area contributed by atoms with Crippen molar-refractivity contribution >= 4 is 0 Å². The molecular formula is C15H18N2O2. The van der Waals surface area contributed by atoms with Gasteiger partial charge in [0.2, 0.25) is 0 Å². The first-order valence-corrected chi connectivity index (χ1v) is 6.17. The van der Waals surface area contributed by atoms with Gasteiger partial charge < -0.3 is 15.2 Å². The molecule has 2 rings (SSSR count). The first kappa shape index (κ1) is 13.4. The molecule has 0 saturated heterocycles. The van der Waals surface area contributed by atoms with E-state index in [2.05, 4.69) is 17.2 Å². The Labute approximate surface area is 113 Å². The number of nitrogens with one attached hydrogen (secondary N) is 1. The normalized spacial score (nSPS) is 10.4. The van der Waals surface area contributed by atoms with E-state index in [0.717, 1.165) is 12.1 Å². The number of rotatable bonds is 5. The van der Waals surface area contributed by atoms with E-state index in [1.54, 1.807) is 19.4 Å². The molecular weight excluding hydrogens is 240 g/mol. The molecule has 1 aromatic heterocycles. The third kappa shape index (κ3) is 3.45. The van der Waals surface area contributed by atoms with Crippen molar-refractivity contribution in [3.05, 3.63) is 53.3 Å². The Bertz CT molecular complexity index is 556. The Morgan fingerprint density at radius 1 is 1.26 bits per heavy atom. The van der Waals surface area contributed by atoms with Crippen LogP contribution in [0.25, 0.3) is 0 Å². The molecule has 0 aliphatic rings. The van der Waals surface area contributed by atoms with Gasteiger partial charge in [-0.25, -0.2) is 0 Å². The summed E-state index contributed by atoms with van der Waals surface area (Å²) in [4.78, 5) is 4.12. The molecule has 1 aromatic carbocycles. The van der Waals surface area contributed by atoms with Gasteiger partial charge >= 0.3 is 0 Å². The average molecular weight is 258 g/mol. The van der Waals surface area contributed by atoms with Crippen LogP contribution in [0.3, 0.4) is 0 Å². The highest BCUT2D eigenvalue weighted by molar-refractivity contribution is 5.41. The quantitative estimate of drug-likeness (QED) is 0.864. The van der Waals surface area contributed by atoms with Crippen LogP contribution in [0.15, 0.2) is 36.7 Å². The van der Waals surface area contributed by atoms with Crippen molar-refractivity contribution in [1.82, 2.24) is 10.3 Å². The number of aromatic hydroxyl groups is 1. The molecule has 0 saturated carbocycles. The highest BCUT2D eigenvalue weighted by atomic mass is 16.5. The van der Waals surface area contributed by atoms with Gasteiger partial charge in [-0.15, -0.1) is 0 Å². The van der Waals surface area contributed by atoms with Crippen LogP contribution in [0.1, 0.15) is 16.7 Å². The minimum absolute atomic E-state index is 0.161. The zero-order chi connectivity index (χ0) is 13.7. The van der Waals surface area contributed by atoms with Gasteiger partial charge in [-0.2, -0.15) is 0 Å². The highest BCUT2D eigenvalue weighted by Crippen LogP contribution is 2.26. The van der Waals surface area contributed by atoms with Crippen molar-refractivity contribution in [3.63, 3.8) is 0 Å². The number of aromatic nitrogens is 1. The molecule has 0 unspecified atom stereocenters. The molecule has 4 nitrogen and oxygen atoms in total. The van der Waals surface area contributed by atoms with Gasteiger partial charge in [0.05, 0.1) is 7.11 Å². The summed E-state index contributed by atoms with van der Waals surface area (Å²) in [5.74, 6) is 0.659. The first-order chi connectivity index (χ1) is 9.20. The lowest BCUT2D eigenvalue weighted by Crippen LogP contribution is -2.13. The van der Waals surface area contributed by atoms with E-state index in [4.69, 9.17) is 4.74 Å². The van der Waals surface area contributed by atoms with Crippen molar-refractivity contribution in [2.24, 2.45) is 0 Å². The highest BCUT2D eigenvalue weighted by Gasteiger charge is 2.03. The third-order valence-corrected chi connectivity index (χ3v) is 3.04. The molecule has 0 spiro atoms. The van der Waals surface area contributed by atoms with Crippen molar-refractivity contribution < 1.29 is 9.84 Å². The van der Waals surface area contributed by atoms with Gasteiger partial charge in [0.25, 0.3) is 0 Å². The number of methoxy groups -OCH3 is 1. The van der Waals surface area contributed by atoms with Crippen LogP contribution in [0.4, 0.5) is 0 Å². The van der Waals surface area contributed by atoms with Crippen LogP contribution in [-0.2, 0) is 13.1 Å². The van der Waals surface area contributed by atoms with Gasteiger partial charge in [0.15, 0.2) is 11.5 Å². The minimum Gasteiger partial charge on any atom is -0.504 e. The largest absolute Gasteiger partial charge is 0.504 e. The van der Waals surface area contributed by atoms with E-state index >= 15 is 0 Å². The van der Waals surface area contributed by atoms with Crippen LogP contribution in [0.5, 0.6) is 11.5 Å². The first-order valence-electron chi connectivity index (χ1n) is 6.17. The second-order valence-corrected chi connectivity index (χ2v) is 4.41. The lowest BCUT2D eigenvalue weighted by molar-refractivity contribution is 0.373. The van der Waals surface area contributed by atoms with E-state index in [-0.39, 0.29) is 5.75 Å². The summed E-state index contributed by atoms with van der Waals surface area (Å²) < 4.78 is 5.08. The summed E-state index contributed by atoms with van der Waals surface area (Å²) in [5, 5.41) is 12.9. The zero-order valence-corrected chi connectivity index (χ0v) is 11.2. The fraction of sp³-hybridized carbons (Fsp3) is 0.267. The van der Waals surface area contributed by atoms with E-state index in [1.165, 1.54) is 11.1 Å². The molecule has 19 heavy (non-hydrogen) atoms. The van der Waals surface area contributed by atoms with Crippen LogP contribution in [0.2, 0.25) is 0 Å². The number of benzene rings is 1. The Morgan fingerprint density at radius 3 is 2.84 bits per heavy atom. The summed E-state index contributed by atoms with van der Waals surface area (Å²) in [6.45, 7) is 3.55. The van der Waals surface area contributed by atoms with E-state index in [0.29, 0.717) is 12.3 Å². The lowest BCUT2D eigenvalue weighted by Gasteiger charge is -2.09. The summed E-state index contributed by atoms with van der Waals surface area (Å²) >= 11 is 0. The number of hydrogen-bond acceptors (Lipinski definition) is 4. The van der Waals surface area contributed by atoms with Crippen molar-refractivity contribution in [1.29, 1.82) is 0 Å². The van der Waals surface area contributed by atoms with E-state index < -0.39 is 0 Å². The molecule has 1 heterocycles. The predicted octanol–water partition coefficient (Wildman–Crippen LogP) is 2.39. The van der Waals surface area contributed by atoms with Gasteiger partial charge in [0.1, 0.15) is 0 Å². The van der Waals surface area contributed by atoms with Gasteiger partial charge in [-0.3, -0.25) is 4.98 Å². The molecule has 2 aromatic rings. The Balaban J connectivity index is 1.94. The van der Waals surface area contributed by atoms with Gasteiger partial charge in [-0.1, -0.05) is 6.07 Å². The second-order valence-electron chi connectivity index (χ2n) is 4.41. The van der Waals surface area contributed by atoms with Gasteiger partial charge in [-0.05, 0) is 41.8 Å². The minimum atomic E-state index is 0.161. The van der Waals surface area contributed by atoms with Crippen LogP contribution < -0.4 is 10.1 Å². The van der Waals surface area contributed by atoms with Crippen molar-refractivity contribution in [3.8, 4) is 11.5 Å². The fourth-order valence-electron chi connectivity index (χ4n) is 1.86. The Kier molecular flexibility index (Phi) is 4.36. The number of hydrogen-bond donors (Lipinski definition) is 2. The summed E-state index contributed by atoms with van der Waals surface area (Å²) in [6.07, 6.45) is 3.67. The SMILES string of the molecule is COc1cc(CNCc2cnccc2C)ccc1O.